The number of nitrogens with one attached hydrogen (secondary N) is 1. The zero-order valence-corrected chi connectivity index (χ0v) is 20.7. The Labute approximate surface area is 214 Å². The minimum absolute atomic E-state index is 0.0222. The van der Waals surface area contributed by atoms with Crippen LogP contribution in [0, 0.1) is 0 Å². The molecule has 2 fully saturated rings. The summed E-state index contributed by atoms with van der Waals surface area (Å²) in [5.74, 6) is 1.51. The van der Waals surface area contributed by atoms with Crippen molar-refractivity contribution < 1.29 is 14.6 Å². The van der Waals surface area contributed by atoms with E-state index in [1.165, 1.54) is 4.90 Å². The molecule has 190 valence electrons. The molecule has 0 radical (unpaired) electrons. The molecule has 1 saturated heterocycles. The fourth-order valence-corrected chi connectivity index (χ4v) is 5.10. The first-order valence-corrected chi connectivity index (χ1v) is 12.6. The van der Waals surface area contributed by atoms with E-state index in [0.29, 0.717) is 25.5 Å². The second-order valence-corrected chi connectivity index (χ2v) is 10.0. The average molecular weight is 499 g/mol. The van der Waals surface area contributed by atoms with E-state index < -0.39 is 6.09 Å². The van der Waals surface area contributed by atoms with Crippen molar-refractivity contribution >= 4 is 22.9 Å². The summed E-state index contributed by atoms with van der Waals surface area (Å²) >= 11 is 0. The van der Waals surface area contributed by atoms with Gasteiger partial charge in [0.1, 0.15) is 5.75 Å². The third-order valence-electron chi connectivity index (χ3n) is 7.48. The Kier molecular flexibility index (Phi) is 5.72. The number of likely N-dealkylation sites (tertiary alicyclic amines) is 1. The number of hydrogen-bond donors (Lipinski definition) is 3. The molecule has 6 rings (SSSR count). The zero-order valence-electron chi connectivity index (χ0n) is 20.7. The van der Waals surface area contributed by atoms with Crippen molar-refractivity contribution in [3.05, 3.63) is 71.9 Å². The number of methoxy groups -OCH3 is 1. The summed E-state index contributed by atoms with van der Waals surface area (Å²) in [6.45, 7) is 1.47. The standard InChI is InChI=1S/C28H30N6O3/c1-37-22-8-2-18(3-9-22)16-34-26-24(25(32-34)31-21-11-15-33(17-21)27(35)36)23(10-14-30-26)19-4-6-20(7-5-19)28(29)12-13-28/h2-10,14,21H,11-13,15-17,29H2,1H3,(H,31,32)(H,35,36)/t21-/m1/s1. The van der Waals surface area contributed by atoms with E-state index in [-0.39, 0.29) is 11.6 Å². The Bertz CT molecular complexity index is 1440. The zero-order chi connectivity index (χ0) is 25.6. The van der Waals surface area contributed by atoms with Crippen LogP contribution < -0.4 is 15.8 Å². The van der Waals surface area contributed by atoms with Gasteiger partial charge in [-0.25, -0.2) is 14.5 Å². The highest BCUT2D eigenvalue weighted by Crippen LogP contribution is 2.43. The average Bonchev–Trinajstić information content (AvgIpc) is 3.34. The van der Waals surface area contributed by atoms with E-state index >= 15 is 0 Å². The van der Waals surface area contributed by atoms with Gasteiger partial charge in [-0.05, 0) is 59.7 Å². The number of pyridine rings is 1. The number of aromatic nitrogens is 3. The Morgan fingerprint density at radius 3 is 2.57 bits per heavy atom. The highest BCUT2D eigenvalue weighted by molar-refractivity contribution is 6.01. The van der Waals surface area contributed by atoms with Gasteiger partial charge < -0.3 is 25.8 Å². The molecule has 4 aromatic rings. The number of amides is 1. The highest BCUT2D eigenvalue weighted by Gasteiger charge is 2.39. The van der Waals surface area contributed by atoms with Gasteiger partial charge in [-0.1, -0.05) is 36.4 Å². The summed E-state index contributed by atoms with van der Waals surface area (Å²) in [4.78, 5) is 17.6. The van der Waals surface area contributed by atoms with Crippen molar-refractivity contribution in [2.75, 3.05) is 25.5 Å². The van der Waals surface area contributed by atoms with Gasteiger partial charge in [0.05, 0.1) is 19.0 Å². The van der Waals surface area contributed by atoms with Crippen LogP contribution in [0.1, 0.15) is 30.4 Å². The maximum atomic E-state index is 11.5. The summed E-state index contributed by atoms with van der Waals surface area (Å²) in [6.07, 6.45) is 3.69. The van der Waals surface area contributed by atoms with Crippen LogP contribution in [0.4, 0.5) is 10.6 Å². The number of anilines is 1. The van der Waals surface area contributed by atoms with Gasteiger partial charge in [0.15, 0.2) is 11.5 Å². The lowest BCUT2D eigenvalue weighted by molar-refractivity contribution is 0.155. The van der Waals surface area contributed by atoms with Crippen LogP contribution in [-0.2, 0) is 12.1 Å². The van der Waals surface area contributed by atoms with Crippen LogP contribution in [0.2, 0.25) is 0 Å². The summed E-state index contributed by atoms with van der Waals surface area (Å²) in [7, 11) is 1.65. The van der Waals surface area contributed by atoms with E-state index in [1.807, 2.05) is 41.2 Å². The van der Waals surface area contributed by atoms with Crippen molar-refractivity contribution in [1.82, 2.24) is 19.7 Å². The SMILES string of the molecule is COc1ccc(Cn2nc(N[C@@H]3CCN(C(=O)O)C3)c3c(-c4ccc(C5(N)CC5)cc4)ccnc32)cc1. The van der Waals surface area contributed by atoms with E-state index in [9.17, 15) is 9.90 Å². The lowest BCUT2D eigenvalue weighted by Crippen LogP contribution is -2.30. The third-order valence-corrected chi connectivity index (χ3v) is 7.48. The monoisotopic (exact) mass is 498 g/mol. The Morgan fingerprint density at radius 1 is 1.16 bits per heavy atom. The second kappa shape index (κ2) is 9.08. The van der Waals surface area contributed by atoms with Crippen LogP contribution in [0.15, 0.2) is 60.8 Å². The van der Waals surface area contributed by atoms with Gasteiger partial charge in [0, 0.05) is 30.9 Å². The second-order valence-electron chi connectivity index (χ2n) is 10.0. The summed E-state index contributed by atoms with van der Waals surface area (Å²) in [6, 6.07) is 18.4. The number of hydrogen-bond acceptors (Lipinski definition) is 6. The molecule has 0 unspecified atom stereocenters. The number of ether oxygens (including phenoxy) is 1. The molecule has 9 nitrogen and oxygen atoms in total. The van der Waals surface area contributed by atoms with Gasteiger partial charge in [-0.15, -0.1) is 0 Å². The lowest BCUT2D eigenvalue weighted by Gasteiger charge is -2.14. The molecular weight excluding hydrogens is 468 g/mol. The van der Waals surface area contributed by atoms with E-state index in [0.717, 1.165) is 58.3 Å². The number of benzene rings is 2. The van der Waals surface area contributed by atoms with Crippen molar-refractivity contribution in [2.24, 2.45) is 5.73 Å². The highest BCUT2D eigenvalue weighted by atomic mass is 16.5. The molecule has 1 atom stereocenters. The Hall–Kier alpha value is -4.11. The third kappa shape index (κ3) is 4.46. The van der Waals surface area contributed by atoms with Crippen LogP contribution in [0.3, 0.4) is 0 Å². The van der Waals surface area contributed by atoms with E-state index in [4.69, 9.17) is 20.6 Å². The summed E-state index contributed by atoms with van der Waals surface area (Å²) < 4.78 is 7.20. The quantitative estimate of drug-likeness (QED) is 0.348. The van der Waals surface area contributed by atoms with Crippen molar-refractivity contribution in [2.45, 2.75) is 37.4 Å². The van der Waals surface area contributed by atoms with Crippen molar-refractivity contribution in [3.8, 4) is 16.9 Å². The maximum Gasteiger partial charge on any atom is 0.407 e. The topological polar surface area (TPSA) is 119 Å². The Balaban J connectivity index is 1.39. The molecule has 2 aromatic carbocycles. The van der Waals surface area contributed by atoms with Gasteiger partial charge in [0.2, 0.25) is 0 Å². The molecule has 1 saturated carbocycles. The summed E-state index contributed by atoms with van der Waals surface area (Å²) in [5, 5.41) is 18.8. The molecule has 0 spiro atoms. The predicted octanol–water partition coefficient (Wildman–Crippen LogP) is 4.27. The molecule has 0 bridgehead atoms. The van der Waals surface area contributed by atoms with Crippen LogP contribution in [0.5, 0.6) is 5.75 Å². The normalized spacial score (nSPS) is 18.2. The number of carbonyl (C=O) groups is 1. The Morgan fingerprint density at radius 2 is 1.92 bits per heavy atom. The first-order chi connectivity index (χ1) is 17.9. The number of carboxylic acid groups (broad SMARTS) is 1. The molecule has 1 aliphatic carbocycles. The van der Waals surface area contributed by atoms with Gasteiger partial charge >= 0.3 is 6.09 Å². The molecule has 37 heavy (non-hydrogen) atoms. The summed E-state index contributed by atoms with van der Waals surface area (Å²) in [5.41, 5.74) is 11.3. The fraction of sp³-hybridized carbons (Fsp3) is 0.321. The first kappa shape index (κ1) is 23.3. The maximum absolute atomic E-state index is 11.5. The molecule has 9 heteroatoms. The number of fused-ring (bicyclic) bond motifs is 1. The lowest BCUT2D eigenvalue weighted by atomic mass is 9.98. The number of nitrogens with zero attached hydrogens (tertiary/aromatic N) is 4. The largest absolute Gasteiger partial charge is 0.497 e. The van der Waals surface area contributed by atoms with Crippen LogP contribution in [0.25, 0.3) is 22.2 Å². The fourth-order valence-electron chi connectivity index (χ4n) is 5.10. The van der Waals surface area contributed by atoms with Gasteiger partial charge in [0.25, 0.3) is 0 Å². The van der Waals surface area contributed by atoms with E-state index in [2.05, 4.69) is 29.6 Å². The van der Waals surface area contributed by atoms with Crippen LogP contribution in [-0.4, -0.2) is 57.1 Å². The van der Waals surface area contributed by atoms with Crippen molar-refractivity contribution in [3.63, 3.8) is 0 Å². The molecular formula is C28H30N6O3. The molecule has 1 aliphatic heterocycles. The number of rotatable bonds is 7. The molecule has 4 N–H and O–H groups in total. The molecule has 3 heterocycles. The smallest absolute Gasteiger partial charge is 0.407 e. The predicted molar refractivity (Wildman–Crippen MR) is 142 cm³/mol. The number of nitrogens with two attached hydrogens (primary N) is 1. The minimum Gasteiger partial charge on any atom is -0.497 e. The van der Waals surface area contributed by atoms with E-state index in [1.54, 1.807) is 7.11 Å². The first-order valence-electron chi connectivity index (χ1n) is 12.6. The van der Waals surface area contributed by atoms with Crippen molar-refractivity contribution in [1.29, 1.82) is 0 Å². The minimum atomic E-state index is -0.894. The molecule has 2 aromatic heterocycles. The van der Waals surface area contributed by atoms with Gasteiger partial charge in [-0.3, -0.25) is 0 Å². The van der Waals surface area contributed by atoms with Crippen LogP contribution >= 0.6 is 0 Å². The molecule has 1 amide bonds. The molecule has 2 aliphatic rings. The van der Waals surface area contributed by atoms with Gasteiger partial charge in [-0.2, -0.15) is 5.10 Å².